The molecule has 0 aromatic heterocycles. The van der Waals surface area contributed by atoms with E-state index < -0.39 is 11.7 Å². The maximum absolute atomic E-state index is 12.8. The molecule has 0 aliphatic carbocycles. The monoisotopic (exact) mass is 391 g/mol. The summed E-state index contributed by atoms with van der Waals surface area (Å²) in [7, 11) is 0. The summed E-state index contributed by atoms with van der Waals surface area (Å²) < 4.78 is 43.7. The van der Waals surface area contributed by atoms with Gasteiger partial charge in [0, 0.05) is 12.5 Å². The van der Waals surface area contributed by atoms with Gasteiger partial charge in [0.25, 0.3) is 0 Å². The third-order valence-corrected chi connectivity index (χ3v) is 4.90. The van der Waals surface area contributed by atoms with Gasteiger partial charge >= 0.3 is 6.18 Å². The molecule has 1 aliphatic heterocycles. The Labute approximate surface area is 162 Å². The number of alkyl halides is 3. The molecule has 0 bridgehead atoms. The number of hydrogen-bond acceptors (Lipinski definition) is 3. The van der Waals surface area contributed by atoms with Crippen LogP contribution in [0.4, 0.5) is 13.2 Å². The highest BCUT2D eigenvalue weighted by Crippen LogP contribution is 2.35. The van der Waals surface area contributed by atoms with Crippen molar-refractivity contribution in [3.63, 3.8) is 0 Å². The molecule has 6 heteroatoms. The van der Waals surface area contributed by atoms with Crippen molar-refractivity contribution in [3.8, 4) is 11.1 Å². The van der Waals surface area contributed by atoms with E-state index in [1.807, 2.05) is 18.2 Å². The van der Waals surface area contributed by atoms with Gasteiger partial charge in [-0.1, -0.05) is 38.1 Å². The molecule has 2 unspecified atom stereocenters. The molecule has 3 nitrogen and oxygen atoms in total. The summed E-state index contributed by atoms with van der Waals surface area (Å²) in [5.74, 6) is 0.0530. The van der Waals surface area contributed by atoms with Crippen molar-refractivity contribution in [2.75, 3.05) is 6.61 Å². The van der Waals surface area contributed by atoms with Crippen molar-refractivity contribution < 1.29 is 22.7 Å². The molecule has 2 atom stereocenters. The van der Waals surface area contributed by atoms with Gasteiger partial charge in [-0.3, -0.25) is 4.79 Å². The number of epoxide rings is 1. The molecule has 3 rings (SSSR count). The lowest BCUT2D eigenvalue weighted by atomic mass is 9.83. The Morgan fingerprint density at radius 3 is 2.29 bits per heavy atom. The summed E-state index contributed by atoms with van der Waals surface area (Å²) in [5.41, 5.74) is 8.24. The summed E-state index contributed by atoms with van der Waals surface area (Å²) >= 11 is 0. The van der Waals surface area contributed by atoms with Gasteiger partial charge in [0.15, 0.2) is 5.78 Å². The quantitative estimate of drug-likeness (QED) is 0.681. The van der Waals surface area contributed by atoms with Crippen molar-refractivity contribution in [1.82, 2.24) is 0 Å². The average Bonchev–Trinajstić information content (AvgIpc) is 3.49. The van der Waals surface area contributed by atoms with Crippen LogP contribution in [0.1, 0.15) is 42.9 Å². The molecule has 150 valence electrons. The first-order valence-corrected chi connectivity index (χ1v) is 9.36. The third kappa shape index (κ3) is 4.80. The van der Waals surface area contributed by atoms with Gasteiger partial charge in [-0.15, -0.1) is 0 Å². The van der Waals surface area contributed by atoms with Crippen molar-refractivity contribution >= 4 is 5.78 Å². The smallest absolute Gasteiger partial charge is 0.365 e. The molecule has 1 aliphatic rings. The SMILES string of the molecule is CC(C)CC(C(=O)C1CO1)c1cc(CN)cc(-c2ccc(C(F)(F)F)cc2)c1. The first-order chi connectivity index (χ1) is 13.2. The second kappa shape index (κ2) is 8.05. The molecule has 2 aromatic carbocycles. The molecule has 2 N–H and O–H groups in total. The Hall–Kier alpha value is -2.18. The highest BCUT2D eigenvalue weighted by atomic mass is 19.4. The number of hydrogen-bond donors (Lipinski definition) is 1. The van der Waals surface area contributed by atoms with Gasteiger partial charge in [0.1, 0.15) is 6.10 Å². The number of rotatable bonds is 7. The molecule has 1 saturated heterocycles. The third-order valence-electron chi connectivity index (χ3n) is 4.90. The van der Waals surface area contributed by atoms with E-state index in [0.717, 1.165) is 28.8 Å². The summed E-state index contributed by atoms with van der Waals surface area (Å²) in [5, 5.41) is 0. The van der Waals surface area contributed by atoms with E-state index in [9.17, 15) is 18.0 Å². The van der Waals surface area contributed by atoms with Gasteiger partial charge in [-0.05, 0) is 52.8 Å². The van der Waals surface area contributed by atoms with Crippen LogP contribution < -0.4 is 5.73 Å². The van der Waals surface area contributed by atoms with E-state index in [4.69, 9.17) is 10.5 Å². The number of ether oxygens (including phenoxy) is 1. The Morgan fingerprint density at radius 2 is 1.79 bits per heavy atom. The van der Waals surface area contributed by atoms with Crippen LogP contribution >= 0.6 is 0 Å². The van der Waals surface area contributed by atoms with Gasteiger partial charge in [0.2, 0.25) is 0 Å². The van der Waals surface area contributed by atoms with Crippen LogP contribution in [0.3, 0.4) is 0 Å². The first-order valence-electron chi connectivity index (χ1n) is 9.36. The lowest BCUT2D eigenvalue weighted by molar-refractivity contribution is -0.137. The zero-order valence-electron chi connectivity index (χ0n) is 15.9. The van der Waals surface area contributed by atoms with Crippen LogP contribution in [0.15, 0.2) is 42.5 Å². The van der Waals surface area contributed by atoms with Crippen molar-refractivity contribution in [2.24, 2.45) is 11.7 Å². The Kier molecular flexibility index (Phi) is 5.91. The Balaban J connectivity index is 2.00. The number of Topliss-reactive ketones (excluding diaryl/α,β-unsaturated/α-hetero) is 1. The van der Waals surface area contributed by atoms with E-state index in [2.05, 4.69) is 13.8 Å². The molecule has 1 heterocycles. The highest BCUT2D eigenvalue weighted by molar-refractivity contribution is 5.91. The maximum atomic E-state index is 12.8. The number of carbonyl (C=O) groups is 1. The van der Waals surface area contributed by atoms with Crippen LogP contribution in [-0.2, 0) is 22.3 Å². The summed E-state index contributed by atoms with van der Waals surface area (Å²) in [6.07, 6.45) is -4.04. The number of benzene rings is 2. The van der Waals surface area contributed by atoms with E-state index in [0.29, 0.717) is 24.5 Å². The van der Waals surface area contributed by atoms with Crippen molar-refractivity contribution in [1.29, 1.82) is 0 Å². The molecule has 0 amide bonds. The van der Waals surface area contributed by atoms with Crippen molar-refractivity contribution in [2.45, 2.75) is 45.0 Å². The largest absolute Gasteiger partial charge is 0.416 e. The van der Waals surface area contributed by atoms with E-state index in [1.165, 1.54) is 12.1 Å². The maximum Gasteiger partial charge on any atom is 0.416 e. The lowest BCUT2D eigenvalue weighted by Crippen LogP contribution is -2.20. The molecule has 1 fully saturated rings. The van der Waals surface area contributed by atoms with Gasteiger partial charge in [0.05, 0.1) is 12.2 Å². The van der Waals surface area contributed by atoms with Crippen molar-refractivity contribution in [3.05, 3.63) is 59.2 Å². The minimum atomic E-state index is -4.37. The molecule has 2 aromatic rings. The lowest BCUT2D eigenvalue weighted by Gasteiger charge is -2.20. The molecule has 0 saturated carbocycles. The zero-order valence-corrected chi connectivity index (χ0v) is 15.9. The predicted molar refractivity (Wildman–Crippen MR) is 102 cm³/mol. The highest BCUT2D eigenvalue weighted by Gasteiger charge is 2.37. The number of ketones is 1. The van der Waals surface area contributed by atoms with Gasteiger partial charge < -0.3 is 10.5 Å². The number of nitrogens with two attached hydrogens (primary N) is 1. The fourth-order valence-corrected chi connectivity index (χ4v) is 3.38. The molecular weight excluding hydrogens is 367 g/mol. The number of carbonyl (C=O) groups excluding carboxylic acids is 1. The second-order valence-corrected chi connectivity index (χ2v) is 7.65. The summed E-state index contributed by atoms with van der Waals surface area (Å²) in [6, 6.07) is 10.7. The van der Waals surface area contributed by atoms with Crippen LogP contribution in [0.2, 0.25) is 0 Å². The van der Waals surface area contributed by atoms with Crippen LogP contribution in [0.25, 0.3) is 11.1 Å². The van der Waals surface area contributed by atoms with E-state index >= 15 is 0 Å². The van der Waals surface area contributed by atoms with Crippen LogP contribution in [-0.4, -0.2) is 18.5 Å². The first kappa shape index (κ1) is 20.6. The summed E-state index contributed by atoms with van der Waals surface area (Å²) in [4.78, 5) is 12.8. The van der Waals surface area contributed by atoms with Gasteiger partial charge in [-0.2, -0.15) is 13.2 Å². The Bertz CT molecular complexity index is 840. The molecule has 0 spiro atoms. The zero-order chi connectivity index (χ0) is 20.5. The van der Waals surface area contributed by atoms with E-state index in [-0.39, 0.29) is 24.3 Å². The second-order valence-electron chi connectivity index (χ2n) is 7.65. The number of halogens is 3. The fraction of sp³-hybridized carbons (Fsp3) is 0.409. The molecular formula is C22H24F3NO2. The van der Waals surface area contributed by atoms with E-state index in [1.54, 1.807) is 0 Å². The minimum absolute atomic E-state index is 0.0567. The fourth-order valence-electron chi connectivity index (χ4n) is 3.38. The average molecular weight is 391 g/mol. The van der Waals surface area contributed by atoms with Crippen LogP contribution in [0.5, 0.6) is 0 Å². The summed E-state index contributed by atoms with van der Waals surface area (Å²) in [6.45, 7) is 4.84. The normalized spacial score (nSPS) is 17.6. The standard InChI is InChI=1S/C22H24F3NO2/c1-13(2)7-19(21(27)20-12-28-20)17-9-14(11-26)8-16(10-17)15-3-5-18(6-4-15)22(23,24)25/h3-6,8-10,13,19-20H,7,11-12,26H2,1-2H3. The molecule has 0 radical (unpaired) electrons. The minimum Gasteiger partial charge on any atom is -0.365 e. The Morgan fingerprint density at radius 1 is 1.14 bits per heavy atom. The van der Waals surface area contributed by atoms with Crippen LogP contribution in [0, 0.1) is 5.92 Å². The predicted octanol–water partition coefficient (Wildman–Crippen LogP) is 4.93. The topological polar surface area (TPSA) is 55.6 Å². The molecule has 28 heavy (non-hydrogen) atoms. The van der Waals surface area contributed by atoms with Gasteiger partial charge in [-0.25, -0.2) is 0 Å².